The van der Waals surface area contributed by atoms with Crippen LogP contribution >= 0.6 is 11.6 Å². The molecular weight excluding hydrogens is 232 g/mol. The summed E-state index contributed by atoms with van der Waals surface area (Å²) in [6.07, 6.45) is 1.19. The van der Waals surface area contributed by atoms with Gasteiger partial charge in [0, 0.05) is 0 Å². The maximum atomic E-state index is 11.6. The maximum Gasteiger partial charge on any atom is 0.350 e. The molecule has 0 aliphatic rings. The van der Waals surface area contributed by atoms with Gasteiger partial charge in [-0.25, -0.2) is 4.79 Å². The highest BCUT2D eigenvalue weighted by molar-refractivity contribution is 6.32. The number of hydrogen-bond acceptors (Lipinski definition) is 5. The number of nitrogen functional groups attached to an aromatic ring is 1. The van der Waals surface area contributed by atoms with Crippen LogP contribution in [0.3, 0.4) is 0 Å². The molecule has 0 amide bonds. The SMILES string of the molecule is Nc1oncc1C(=O)Oc1ccccc1Cl. The lowest BCUT2D eigenvalue weighted by molar-refractivity contribution is 0.0735. The standard InChI is InChI=1S/C10H7ClN2O3/c11-7-3-1-2-4-8(7)15-10(14)6-5-13-16-9(6)12/h1-5H,12H2. The second-order valence-electron chi connectivity index (χ2n) is 2.92. The number of aromatic nitrogens is 1. The number of carbonyl (C=O) groups is 1. The molecule has 2 aromatic rings. The summed E-state index contributed by atoms with van der Waals surface area (Å²) >= 11 is 5.82. The number of nitrogens with zero attached hydrogens (tertiary/aromatic N) is 1. The number of nitrogens with two attached hydrogens (primary N) is 1. The van der Waals surface area contributed by atoms with Crippen molar-refractivity contribution in [3.05, 3.63) is 41.0 Å². The van der Waals surface area contributed by atoms with Gasteiger partial charge in [0.2, 0.25) is 5.88 Å². The number of halogens is 1. The number of esters is 1. The molecule has 1 heterocycles. The first-order valence-corrected chi connectivity index (χ1v) is 4.73. The fourth-order valence-corrected chi connectivity index (χ4v) is 1.26. The number of anilines is 1. The van der Waals surface area contributed by atoms with Crippen molar-refractivity contribution in [2.24, 2.45) is 0 Å². The fraction of sp³-hybridized carbons (Fsp3) is 0. The Morgan fingerprint density at radius 1 is 1.44 bits per heavy atom. The summed E-state index contributed by atoms with van der Waals surface area (Å²) in [5, 5.41) is 3.71. The highest BCUT2D eigenvalue weighted by Gasteiger charge is 2.17. The van der Waals surface area contributed by atoms with Gasteiger partial charge in [0.15, 0.2) is 0 Å². The molecule has 0 spiro atoms. The van der Waals surface area contributed by atoms with Crippen LogP contribution < -0.4 is 10.5 Å². The monoisotopic (exact) mass is 238 g/mol. The quantitative estimate of drug-likeness (QED) is 0.641. The number of ether oxygens (including phenoxy) is 1. The molecule has 0 saturated carbocycles. The van der Waals surface area contributed by atoms with Gasteiger partial charge in [0.25, 0.3) is 0 Å². The van der Waals surface area contributed by atoms with Gasteiger partial charge in [-0.2, -0.15) is 0 Å². The van der Waals surface area contributed by atoms with Gasteiger partial charge in [-0.1, -0.05) is 28.9 Å². The van der Waals surface area contributed by atoms with Crippen molar-refractivity contribution >= 4 is 23.5 Å². The minimum Gasteiger partial charge on any atom is -0.421 e. The molecule has 0 fully saturated rings. The zero-order valence-electron chi connectivity index (χ0n) is 8.01. The van der Waals surface area contributed by atoms with Crippen LogP contribution in [-0.2, 0) is 0 Å². The van der Waals surface area contributed by atoms with Crippen LogP contribution in [-0.4, -0.2) is 11.1 Å². The smallest absolute Gasteiger partial charge is 0.350 e. The molecule has 2 N–H and O–H groups in total. The Morgan fingerprint density at radius 3 is 2.81 bits per heavy atom. The summed E-state index contributed by atoms with van der Waals surface area (Å²) in [6, 6.07) is 6.62. The Balaban J connectivity index is 2.21. The minimum atomic E-state index is -0.660. The van der Waals surface area contributed by atoms with Crippen LogP contribution in [0.5, 0.6) is 5.75 Å². The Bertz CT molecular complexity index is 524. The topological polar surface area (TPSA) is 78.4 Å². The summed E-state index contributed by atoms with van der Waals surface area (Å²) in [5.41, 5.74) is 5.44. The van der Waals surface area contributed by atoms with Crippen LogP contribution in [0.4, 0.5) is 5.88 Å². The fourth-order valence-electron chi connectivity index (χ4n) is 1.08. The third-order valence-electron chi connectivity index (χ3n) is 1.86. The lowest BCUT2D eigenvalue weighted by Gasteiger charge is -2.03. The highest BCUT2D eigenvalue weighted by atomic mass is 35.5. The first kappa shape index (κ1) is 10.5. The van der Waals surface area contributed by atoms with E-state index >= 15 is 0 Å². The average molecular weight is 239 g/mol. The summed E-state index contributed by atoms with van der Waals surface area (Å²) < 4.78 is 9.57. The number of hydrogen-bond donors (Lipinski definition) is 1. The maximum absolute atomic E-state index is 11.6. The first-order chi connectivity index (χ1) is 7.68. The Kier molecular flexibility index (Phi) is 2.78. The average Bonchev–Trinajstić information content (AvgIpc) is 2.68. The molecule has 16 heavy (non-hydrogen) atoms. The van der Waals surface area contributed by atoms with Crippen LogP contribution in [0.25, 0.3) is 0 Å². The molecule has 1 aromatic carbocycles. The van der Waals surface area contributed by atoms with E-state index in [-0.39, 0.29) is 17.2 Å². The summed E-state index contributed by atoms with van der Waals surface area (Å²) in [4.78, 5) is 11.6. The number of carbonyl (C=O) groups excluding carboxylic acids is 1. The van der Waals surface area contributed by atoms with Crippen LogP contribution in [0.1, 0.15) is 10.4 Å². The van der Waals surface area contributed by atoms with Crippen molar-refractivity contribution in [1.82, 2.24) is 5.16 Å². The van der Waals surface area contributed by atoms with E-state index in [1.807, 2.05) is 0 Å². The molecule has 0 bridgehead atoms. The number of para-hydroxylation sites is 1. The molecule has 0 aliphatic heterocycles. The van der Waals surface area contributed by atoms with E-state index in [9.17, 15) is 4.79 Å². The molecule has 82 valence electrons. The molecule has 0 unspecified atom stereocenters. The molecule has 6 heteroatoms. The molecular formula is C10H7ClN2O3. The number of benzene rings is 1. The lowest BCUT2D eigenvalue weighted by atomic mass is 10.3. The van der Waals surface area contributed by atoms with E-state index in [1.165, 1.54) is 6.20 Å². The predicted octanol–water partition coefficient (Wildman–Crippen LogP) is 2.13. The lowest BCUT2D eigenvalue weighted by Crippen LogP contribution is -2.09. The van der Waals surface area contributed by atoms with Gasteiger partial charge in [-0.05, 0) is 12.1 Å². The molecule has 0 atom stereocenters. The van der Waals surface area contributed by atoms with Crippen LogP contribution in [0.15, 0.2) is 35.0 Å². The second kappa shape index (κ2) is 4.24. The molecule has 0 saturated heterocycles. The van der Waals surface area contributed by atoms with Crippen molar-refractivity contribution in [2.45, 2.75) is 0 Å². The van der Waals surface area contributed by atoms with E-state index in [2.05, 4.69) is 9.68 Å². The number of rotatable bonds is 2. The van der Waals surface area contributed by atoms with Gasteiger partial charge in [-0.15, -0.1) is 0 Å². The zero-order valence-corrected chi connectivity index (χ0v) is 8.77. The van der Waals surface area contributed by atoms with Gasteiger partial charge in [0.1, 0.15) is 11.3 Å². The molecule has 2 rings (SSSR count). The van der Waals surface area contributed by atoms with Gasteiger partial charge < -0.3 is 15.0 Å². The van der Waals surface area contributed by atoms with E-state index in [0.717, 1.165) is 0 Å². The molecule has 1 aromatic heterocycles. The van der Waals surface area contributed by atoms with Gasteiger partial charge in [-0.3, -0.25) is 0 Å². The van der Waals surface area contributed by atoms with Crippen molar-refractivity contribution in [2.75, 3.05) is 5.73 Å². The highest BCUT2D eigenvalue weighted by Crippen LogP contribution is 2.24. The predicted molar refractivity (Wildman–Crippen MR) is 57.3 cm³/mol. The zero-order chi connectivity index (χ0) is 11.5. The largest absolute Gasteiger partial charge is 0.421 e. The Hall–Kier alpha value is -2.01. The van der Waals surface area contributed by atoms with E-state index in [4.69, 9.17) is 22.1 Å². The van der Waals surface area contributed by atoms with Gasteiger partial charge in [0.05, 0.1) is 11.2 Å². The molecule has 0 radical (unpaired) electrons. The summed E-state index contributed by atoms with van der Waals surface area (Å²) in [5.74, 6) is -0.487. The van der Waals surface area contributed by atoms with E-state index in [1.54, 1.807) is 24.3 Å². The van der Waals surface area contributed by atoms with Crippen molar-refractivity contribution in [3.8, 4) is 5.75 Å². The summed E-state index contributed by atoms with van der Waals surface area (Å²) in [7, 11) is 0. The molecule has 0 aliphatic carbocycles. The van der Waals surface area contributed by atoms with Crippen LogP contribution in [0.2, 0.25) is 5.02 Å². The normalized spacial score (nSPS) is 10.1. The minimum absolute atomic E-state index is 0.0694. The third kappa shape index (κ3) is 1.99. The van der Waals surface area contributed by atoms with Crippen molar-refractivity contribution in [1.29, 1.82) is 0 Å². The molecule has 5 nitrogen and oxygen atoms in total. The van der Waals surface area contributed by atoms with Crippen molar-refractivity contribution < 1.29 is 14.1 Å². The Morgan fingerprint density at radius 2 is 2.19 bits per heavy atom. The summed E-state index contributed by atoms with van der Waals surface area (Å²) in [6.45, 7) is 0. The van der Waals surface area contributed by atoms with E-state index < -0.39 is 5.97 Å². The first-order valence-electron chi connectivity index (χ1n) is 4.35. The third-order valence-corrected chi connectivity index (χ3v) is 2.17. The van der Waals surface area contributed by atoms with Gasteiger partial charge >= 0.3 is 5.97 Å². The Labute approximate surface area is 95.7 Å². The van der Waals surface area contributed by atoms with E-state index in [0.29, 0.717) is 5.02 Å². The second-order valence-corrected chi connectivity index (χ2v) is 3.33. The van der Waals surface area contributed by atoms with Crippen LogP contribution in [0, 0.1) is 0 Å². The van der Waals surface area contributed by atoms with Crippen molar-refractivity contribution in [3.63, 3.8) is 0 Å².